The van der Waals surface area contributed by atoms with Crippen LogP contribution in [0.25, 0.3) is 0 Å². The van der Waals surface area contributed by atoms with Crippen molar-refractivity contribution >= 4 is 21.7 Å². The largest absolute Gasteiger partial charge is 0.573 e. The average Bonchev–Trinajstić information content (AvgIpc) is 2.93. The summed E-state index contributed by atoms with van der Waals surface area (Å²) in [6.07, 6.45) is -0.232. The lowest BCUT2D eigenvalue weighted by Crippen LogP contribution is -2.43. The fraction of sp³-hybridized carbons (Fsp3) is 0.406. The normalized spacial score (nSPS) is 20.3. The molecule has 0 N–H and O–H groups in total. The summed E-state index contributed by atoms with van der Waals surface area (Å²) in [6, 6.07) is 15.3. The van der Waals surface area contributed by atoms with Crippen LogP contribution in [0.3, 0.4) is 0 Å². The number of likely N-dealkylation sites (tertiary alicyclic amines) is 1. The standard InChI is InChI=1S/C32H31BrF5NO2/c1-2-29(22-5-10-27(34)28(35)18-22)39-15-13-31(14-16-39)12-11-21-17-23(33)6-9-25(21)30(40)26(19-31)20-3-7-24(8-4-20)41-32(36,37)38/h3-10,17-18,26,29H,2,11-16,19H2,1H3. The summed E-state index contributed by atoms with van der Waals surface area (Å²) < 4.78 is 70.7. The molecule has 218 valence electrons. The molecule has 1 heterocycles. The Morgan fingerprint density at radius 2 is 1.68 bits per heavy atom. The molecule has 41 heavy (non-hydrogen) atoms. The number of carbonyl (C=O) groups is 1. The number of aryl methyl sites for hydroxylation is 1. The third-order valence-corrected chi connectivity index (χ3v) is 9.23. The van der Waals surface area contributed by atoms with Gasteiger partial charge in [-0.15, -0.1) is 13.2 Å². The van der Waals surface area contributed by atoms with Gasteiger partial charge in [0.2, 0.25) is 0 Å². The highest BCUT2D eigenvalue weighted by molar-refractivity contribution is 9.10. The summed E-state index contributed by atoms with van der Waals surface area (Å²) in [6.45, 7) is 3.51. The molecule has 2 unspecified atom stereocenters. The molecule has 9 heteroatoms. The summed E-state index contributed by atoms with van der Waals surface area (Å²) in [5, 5.41) is 0. The van der Waals surface area contributed by atoms with Gasteiger partial charge in [-0.05, 0) is 116 Å². The van der Waals surface area contributed by atoms with Gasteiger partial charge in [0, 0.05) is 22.0 Å². The van der Waals surface area contributed by atoms with Crippen molar-refractivity contribution in [2.75, 3.05) is 13.1 Å². The van der Waals surface area contributed by atoms with E-state index in [1.807, 2.05) is 25.1 Å². The number of halogens is 6. The Morgan fingerprint density at radius 3 is 2.32 bits per heavy atom. The average molecular weight is 636 g/mol. The molecule has 0 aromatic heterocycles. The second-order valence-electron chi connectivity index (χ2n) is 11.2. The Morgan fingerprint density at radius 1 is 0.976 bits per heavy atom. The van der Waals surface area contributed by atoms with Crippen LogP contribution < -0.4 is 4.74 Å². The molecule has 1 aliphatic heterocycles. The number of nitrogens with zero attached hydrogens (tertiary/aromatic N) is 1. The van der Waals surface area contributed by atoms with Crippen molar-refractivity contribution < 1.29 is 31.5 Å². The maximum atomic E-state index is 14.0. The molecule has 3 nitrogen and oxygen atoms in total. The Hall–Kier alpha value is -2.78. The molecule has 3 aromatic rings. The molecule has 5 rings (SSSR count). The molecule has 1 spiro atoms. The van der Waals surface area contributed by atoms with E-state index in [1.165, 1.54) is 24.3 Å². The zero-order chi connectivity index (χ0) is 29.4. The SMILES string of the molecule is CCC(c1ccc(F)c(F)c1)N1CCC2(CCc3cc(Br)ccc3C(=O)C(c3ccc(OC(F)(F)F)cc3)C2)CC1. The Kier molecular flexibility index (Phi) is 8.58. The van der Waals surface area contributed by atoms with Crippen LogP contribution in [0.15, 0.2) is 65.1 Å². The molecule has 1 aliphatic carbocycles. The number of ketones is 1. The molecule has 0 bridgehead atoms. The van der Waals surface area contributed by atoms with Crippen molar-refractivity contribution in [2.24, 2.45) is 5.41 Å². The van der Waals surface area contributed by atoms with Crippen LogP contribution in [0, 0.1) is 17.0 Å². The number of benzene rings is 3. The molecule has 0 amide bonds. The number of rotatable bonds is 5. The van der Waals surface area contributed by atoms with E-state index >= 15 is 0 Å². The first-order chi connectivity index (χ1) is 19.5. The monoisotopic (exact) mass is 635 g/mol. The van der Waals surface area contributed by atoms with Crippen LogP contribution in [0.1, 0.15) is 78.0 Å². The fourth-order valence-electron chi connectivity index (χ4n) is 6.58. The van der Waals surface area contributed by atoms with E-state index < -0.39 is 23.9 Å². The summed E-state index contributed by atoms with van der Waals surface area (Å²) in [5.41, 5.74) is 2.85. The first-order valence-corrected chi connectivity index (χ1v) is 14.6. The number of carbonyl (C=O) groups excluding carboxylic acids is 1. The van der Waals surface area contributed by atoms with Gasteiger partial charge in [-0.25, -0.2) is 8.78 Å². The summed E-state index contributed by atoms with van der Waals surface area (Å²) in [5.74, 6) is -2.60. The van der Waals surface area contributed by atoms with Crippen molar-refractivity contribution in [1.82, 2.24) is 4.90 Å². The predicted molar refractivity (Wildman–Crippen MR) is 150 cm³/mol. The minimum atomic E-state index is -4.79. The first kappa shape index (κ1) is 29.7. The lowest BCUT2D eigenvalue weighted by molar-refractivity contribution is -0.274. The van der Waals surface area contributed by atoms with E-state index in [-0.39, 0.29) is 23.0 Å². The highest BCUT2D eigenvalue weighted by Crippen LogP contribution is 2.48. The maximum absolute atomic E-state index is 14.0. The Labute approximate surface area is 244 Å². The van der Waals surface area contributed by atoms with E-state index in [4.69, 9.17) is 0 Å². The lowest BCUT2D eigenvalue weighted by atomic mass is 9.64. The van der Waals surface area contributed by atoms with Gasteiger partial charge in [0.1, 0.15) is 5.75 Å². The number of ether oxygens (including phenoxy) is 1. The molecule has 0 radical (unpaired) electrons. The van der Waals surface area contributed by atoms with E-state index in [1.54, 1.807) is 18.2 Å². The second kappa shape index (κ2) is 11.8. The van der Waals surface area contributed by atoms with Gasteiger partial charge in [-0.2, -0.15) is 0 Å². The second-order valence-corrected chi connectivity index (χ2v) is 12.1. The zero-order valence-electron chi connectivity index (χ0n) is 22.6. The number of fused-ring (bicyclic) bond motifs is 1. The smallest absolute Gasteiger partial charge is 0.406 e. The summed E-state index contributed by atoms with van der Waals surface area (Å²) in [4.78, 5) is 16.3. The molecule has 0 saturated carbocycles. The minimum Gasteiger partial charge on any atom is -0.406 e. The van der Waals surface area contributed by atoms with Gasteiger partial charge in [-0.1, -0.05) is 41.1 Å². The zero-order valence-corrected chi connectivity index (χ0v) is 24.2. The topological polar surface area (TPSA) is 29.5 Å². The van der Waals surface area contributed by atoms with Crippen LogP contribution in [-0.2, 0) is 6.42 Å². The predicted octanol–water partition coefficient (Wildman–Crippen LogP) is 9.16. The lowest BCUT2D eigenvalue weighted by Gasteiger charge is -2.47. The highest BCUT2D eigenvalue weighted by atomic mass is 79.9. The van der Waals surface area contributed by atoms with Crippen LogP contribution in [0.2, 0.25) is 0 Å². The molecular weight excluding hydrogens is 605 g/mol. The van der Waals surface area contributed by atoms with Crippen LogP contribution in [-0.4, -0.2) is 30.1 Å². The molecule has 2 atom stereocenters. The number of Topliss-reactive ketones (excluding diaryl/α,β-unsaturated/α-hetero) is 1. The van der Waals surface area contributed by atoms with Gasteiger partial charge in [0.15, 0.2) is 17.4 Å². The molecule has 3 aromatic carbocycles. The molecule has 1 fully saturated rings. The van der Waals surface area contributed by atoms with Gasteiger partial charge >= 0.3 is 6.36 Å². The van der Waals surface area contributed by atoms with Crippen LogP contribution in [0.4, 0.5) is 22.0 Å². The quantitative estimate of drug-likeness (QED) is 0.262. The van der Waals surface area contributed by atoms with Crippen molar-refractivity contribution in [3.05, 3.63) is 99.0 Å². The van der Waals surface area contributed by atoms with Crippen LogP contribution >= 0.6 is 15.9 Å². The third kappa shape index (κ3) is 6.67. The molecule has 2 aliphatic rings. The van der Waals surface area contributed by atoms with Crippen molar-refractivity contribution in [3.63, 3.8) is 0 Å². The number of alkyl halides is 3. The van der Waals surface area contributed by atoms with E-state index in [0.717, 1.165) is 60.8 Å². The minimum absolute atomic E-state index is 0.0354. The van der Waals surface area contributed by atoms with Crippen LogP contribution in [0.5, 0.6) is 5.75 Å². The molecule has 1 saturated heterocycles. The maximum Gasteiger partial charge on any atom is 0.573 e. The number of hydrogen-bond donors (Lipinski definition) is 0. The van der Waals surface area contributed by atoms with Crippen molar-refractivity contribution in [1.29, 1.82) is 0 Å². The van der Waals surface area contributed by atoms with Crippen molar-refractivity contribution in [2.45, 2.75) is 63.8 Å². The van der Waals surface area contributed by atoms with Gasteiger partial charge in [0.25, 0.3) is 0 Å². The Bertz CT molecular complexity index is 1400. The van der Waals surface area contributed by atoms with Crippen molar-refractivity contribution in [3.8, 4) is 5.75 Å². The summed E-state index contributed by atoms with van der Waals surface area (Å²) in [7, 11) is 0. The fourth-order valence-corrected chi connectivity index (χ4v) is 6.99. The van der Waals surface area contributed by atoms with Gasteiger partial charge < -0.3 is 4.74 Å². The number of piperidine rings is 1. The van der Waals surface area contributed by atoms with Gasteiger partial charge in [0.05, 0.1) is 0 Å². The van der Waals surface area contributed by atoms with Gasteiger partial charge in [-0.3, -0.25) is 9.69 Å². The van der Waals surface area contributed by atoms with E-state index in [9.17, 15) is 26.7 Å². The van der Waals surface area contributed by atoms with E-state index in [2.05, 4.69) is 25.6 Å². The molecular formula is C32H31BrF5NO2. The highest BCUT2D eigenvalue weighted by Gasteiger charge is 2.42. The first-order valence-electron chi connectivity index (χ1n) is 13.8. The number of hydrogen-bond acceptors (Lipinski definition) is 3. The van der Waals surface area contributed by atoms with E-state index in [0.29, 0.717) is 17.5 Å². The Balaban J connectivity index is 1.43. The summed E-state index contributed by atoms with van der Waals surface area (Å²) >= 11 is 3.52. The third-order valence-electron chi connectivity index (χ3n) is 8.74.